The molecule has 0 aliphatic carbocycles. The number of fused-ring (bicyclic) bond motifs is 2. The number of hydrogen-bond acceptors (Lipinski definition) is 5. The topological polar surface area (TPSA) is 102 Å². The van der Waals surface area contributed by atoms with Crippen LogP contribution in [0.4, 0.5) is 0 Å². The third-order valence-electron chi connectivity index (χ3n) is 6.16. The predicted octanol–water partition coefficient (Wildman–Crippen LogP) is 6.64. The van der Waals surface area contributed by atoms with E-state index in [9.17, 15) is 10.2 Å². The fourth-order valence-corrected chi connectivity index (χ4v) is 4.34. The van der Waals surface area contributed by atoms with Crippen LogP contribution in [0.25, 0.3) is 21.5 Å². The SMILES string of the molecule is CC(=O)O.Oc1ccc2ccccc2c1C=NCC(Cc1ccccc1)N=Cc1c(O)ccc2ccccc12.[Co]. The molecular weight excluding hydrogens is 547 g/mol. The molecule has 0 aliphatic heterocycles. The summed E-state index contributed by atoms with van der Waals surface area (Å²) in [6.07, 6.45) is 4.21. The third-order valence-corrected chi connectivity index (χ3v) is 6.16. The van der Waals surface area contributed by atoms with Gasteiger partial charge in [0.25, 0.3) is 5.97 Å². The fraction of sp³-hybridized carbons (Fsp3) is 0.121. The number of nitrogens with zero attached hydrogens (tertiary/aromatic N) is 2. The van der Waals surface area contributed by atoms with Crippen molar-refractivity contribution in [2.24, 2.45) is 9.98 Å². The Morgan fingerprint density at radius 1 is 0.725 bits per heavy atom. The van der Waals surface area contributed by atoms with Crippen LogP contribution >= 0.6 is 0 Å². The number of aliphatic carboxylic acids is 1. The summed E-state index contributed by atoms with van der Waals surface area (Å²) in [4.78, 5) is 18.5. The van der Waals surface area contributed by atoms with Gasteiger partial charge in [-0.1, -0.05) is 91.0 Å². The number of carboxylic acid groups (broad SMARTS) is 1. The van der Waals surface area contributed by atoms with Gasteiger partial charge in [-0.15, -0.1) is 0 Å². The van der Waals surface area contributed by atoms with E-state index in [1.165, 1.54) is 5.56 Å². The molecule has 0 heterocycles. The number of benzene rings is 5. The van der Waals surface area contributed by atoms with E-state index >= 15 is 0 Å². The Kier molecular flexibility index (Phi) is 11.0. The molecule has 5 rings (SSSR count). The second-order valence-electron chi connectivity index (χ2n) is 9.07. The summed E-state index contributed by atoms with van der Waals surface area (Å²) in [5.74, 6) is -0.425. The molecule has 7 heteroatoms. The van der Waals surface area contributed by atoms with Gasteiger partial charge in [0.15, 0.2) is 0 Å². The minimum atomic E-state index is -0.833. The average molecular weight is 578 g/mol. The summed E-state index contributed by atoms with van der Waals surface area (Å²) in [5.41, 5.74) is 2.58. The minimum Gasteiger partial charge on any atom is -0.507 e. The standard InChI is InChI=1S/C31H26N2O2.C2H4O2.Co/c34-30-16-14-23-10-4-6-12-26(23)28(30)20-32-19-25(18-22-8-2-1-3-9-22)33-21-29-27-13-7-5-11-24(27)15-17-31(29)35;1-2(3)4;/h1-17,20-21,25,34-35H,18-19H2;1H3,(H,3,4);. The Morgan fingerprint density at radius 2 is 1.20 bits per heavy atom. The van der Waals surface area contributed by atoms with E-state index in [4.69, 9.17) is 14.9 Å². The Morgan fingerprint density at radius 3 is 1.75 bits per heavy atom. The summed E-state index contributed by atoms with van der Waals surface area (Å²) in [7, 11) is 0. The van der Waals surface area contributed by atoms with Crippen molar-refractivity contribution in [2.75, 3.05) is 6.54 Å². The third kappa shape index (κ3) is 8.02. The minimum absolute atomic E-state index is 0. The number of aliphatic imine (C=N–C) groups is 2. The summed E-state index contributed by atoms with van der Waals surface area (Å²) < 4.78 is 0. The Balaban J connectivity index is 0.000000828. The maximum Gasteiger partial charge on any atom is 0.300 e. The first-order chi connectivity index (χ1) is 18.9. The van der Waals surface area contributed by atoms with Gasteiger partial charge in [0, 0.05) is 47.3 Å². The maximum absolute atomic E-state index is 10.5. The molecule has 0 amide bonds. The van der Waals surface area contributed by atoms with Crippen LogP contribution in [0.5, 0.6) is 11.5 Å². The molecule has 0 fully saturated rings. The predicted molar refractivity (Wildman–Crippen MR) is 159 cm³/mol. The molecule has 0 bridgehead atoms. The second kappa shape index (κ2) is 14.6. The molecule has 0 aliphatic rings. The van der Waals surface area contributed by atoms with Crippen molar-refractivity contribution < 1.29 is 36.9 Å². The van der Waals surface area contributed by atoms with Crippen LogP contribution in [0, 0.1) is 0 Å². The van der Waals surface area contributed by atoms with Crippen LogP contribution in [0.2, 0.25) is 0 Å². The average Bonchev–Trinajstić information content (AvgIpc) is 2.93. The number of carboxylic acids is 1. The first-order valence-corrected chi connectivity index (χ1v) is 12.6. The van der Waals surface area contributed by atoms with E-state index in [2.05, 4.69) is 17.1 Å². The quantitative estimate of drug-likeness (QED) is 0.189. The van der Waals surface area contributed by atoms with Crippen LogP contribution in [0.1, 0.15) is 23.6 Å². The van der Waals surface area contributed by atoms with E-state index < -0.39 is 5.97 Å². The van der Waals surface area contributed by atoms with Crippen LogP contribution < -0.4 is 0 Å². The Hall–Kier alpha value is -4.46. The molecule has 1 unspecified atom stereocenters. The number of carbonyl (C=O) groups is 1. The smallest absolute Gasteiger partial charge is 0.300 e. The van der Waals surface area contributed by atoms with Gasteiger partial charge in [0.05, 0.1) is 12.6 Å². The molecule has 5 aromatic carbocycles. The normalized spacial score (nSPS) is 11.7. The van der Waals surface area contributed by atoms with Crippen LogP contribution in [0.3, 0.4) is 0 Å². The molecule has 0 saturated carbocycles. The maximum atomic E-state index is 10.5. The monoisotopic (exact) mass is 577 g/mol. The van der Waals surface area contributed by atoms with Gasteiger partial charge in [-0.2, -0.15) is 0 Å². The first kappa shape index (κ1) is 30.1. The van der Waals surface area contributed by atoms with E-state index in [0.717, 1.165) is 28.5 Å². The fourth-order valence-electron chi connectivity index (χ4n) is 4.34. The molecule has 6 nitrogen and oxygen atoms in total. The molecule has 1 atom stereocenters. The summed E-state index contributed by atoms with van der Waals surface area (Å²) in [5, 5.41) is 32.4. The van der Waals surface area contributed by atoms with Gasteiger partial charge in [0.1, 0.15) is 11.5 Å². The van der Waals surface area contributed by atoms with Crippen molar-refractivity contribution in [2.45, 2.75) is 19.4 Å². The molecule has 205 valence electrons. The largest absolute Gasteiger partial charge is 0.507 e. The summed E-state index contributed by atoms with van der Waals surface area (Å²) >= 11 is 0. The molecule has 0 aromatic heterocycles. The van der Waals surface area contributed by atoms with Gasteiger partial charge in [-0.05, 0) is 45.7 Å². The van der Waals surface area contributed by atoms with Gasteiger partial charge < -0.3 is 15.3 Å². The van der Waals surface area contributed by atoms with E-state index in [-0.39, 0.29) is 34.3 Å². The van der Waals surface area contributed by atoms with E-state index in [1.54, 1.807) is 24.6 Å². The van der Waals surface area contributed by atoms with E-state index in [0.29, 0.717) is 24.1 Å². The summed E-state index contributed by atoms with van der Waals surface area (Å²) in [6, 6.07) is 33.2. The first-order valence-electron chi connectivity index (χ1n) is 12.6. The van der Waals surface area contributed by atoms with Crippen LogP contribution in [0.15, 0.2) is 113 Å². The molecule has 3 N–H and O–H groups in total. The van der Waals surface area contributed by atoms with Crippen molar-refractivity contribution in [1.82, 2.24) is 0 Å². The zero-order valence-electron chi connectivity index (χ0n) is 21.9. The van der Waals surface area contributed by atoms with Crippen molar-refractivity contribution in [3.05, 3.63) is 120 Å². The van der Waals surface area contributed by atoms with Gasteiger partial charge in [0.2, 0.25) is 0 Å². The molecule has 0 saturated heterocycles. The molecule has 5 aromatic rings. The zero-order chi connectivity index (χ0) is 27.6. The van der Waals surface area contributed by atoms with Crippen LogP contribution in [-0.2, 0) is 28.0 Å². The Labute approximate surface area is 243 Å². The van der Waals surface area contributed by atoms with Gasteiger partial charge in [-0.3, -0.25) is 14.8 Å². The van der Waals surface area contributed by atoms with Crippen LogP contribution in [-0.4, -0.2) is 46.3 Å². The molecule has 0 spiro atoms. The molecule has 1 radical (unpaired) electrons. The summed E-state index contributed by atoms with van der Waals surface area (Å²) in [6.45, 7) is 1.53. The molecular formula is C33H30CoN2O4. The van der Waals surface area contributed by atoms with E-state index in [1.807, 2.05) is 78.9 Å². The molecule has 40 heavy (non-hydrogen) atoms. The Bertz CT molecular complexity index is 1630. The van der Waals surface area contributed by atoms with Crippen molar-refractivity contribution in [3.8, 4) is 11.5 Å². The van der Waals surface area contributed by atoms with Crippen molar-refractivity contribution >= 4 is 39.9 Å². The number of hydrogen-bond donors (Lipinski definition) is 3. The van der Waals surface area contributed by atoms with Crippen molar-refractivity contribution in [3.63, 3.8) is 0 Å². The van der Waals surface area contributed by atoms with Gasteiger partial charge >= 0.3 is 0 Å². The number of phenols is 2. The second-order valence-corrected chi connectivity index (χ2v) is 9.07. The number of phenolic OH excluding ortho intramolecular Hbond substituents is 2. The van der Waals surface area contributed by atoms with Crippen molar-refractivity contribution in [1.29, 1.82) is 0 Å². The number of rotatable bonds is 7. The van der Waals surface area contributed by atoms with Gasteiger partial charge in [-0.25, -0.2) is 0 Å². The number of aromatic hydroxyl groups is 2. The zero-order valence-corrected chi connectivity index (χ0v) is 23.0.